The molecule has 1 aromatic heterocycles. The molecule has 1 aromatic carbocycles. The molecule has 3 N–H and O–H groups in total. The quantitative estimate of drug-likeness (QED) is 0.645. The van der Waals surface area contributed by atoms with Crippen LogP contribution in [0.5, 0.6) is 0 Å². The summed E-state index contributed by atoms with van der Waals surface area (Å²) in [6.45, 7) is 4.01. The normalized spacial score (nSPS) is 12.4. The number of aryl methyl sites for hydroxylation is 2. The topological polar surface area (TPSA) is 50.9 Å². The van der Waals surface area contributed by atoms with Gasteiger partial charge in [0, 0.05) is 11.8 Å². The summed E-state index contributed by atoms with van der Waals surface area (Å²) in [7, 11) is 0. The van der Waals surface area contributed by atoms with Crippen molar-refractivity contribution in [3.05, 3.63) is 64.7 Å². The van der Waals surface area contributed by atoms with Gasteiger partial charge in [0.2, 0.25) is 0 Å². The molecule has 0 saturated carbocycles. The Morgan fingerprint density at radius 3 is 2.61 bits per heavy atom. The zero-order valence-corrected chi connectivity index (χ0v) is 10.4. The highest BCUT2D eigenvalue weighted by Crippen LogP contribution is 2.26. The lowest BCUT2D eigenvalue weighted by atomic mass is 9.94. The van der Waals surface area contributed by atoms with Crippen LogP contribution < -0.4 is 11.3 Å². The van der Waals surface area contributed by atoms with Gasteiger partial charge in [-0.15, -0.1) is 0 Å². The monoisotopic (exact) mass is 245 g/mol. The van der Waals surface area contributed by atoms with Gasteiger partial charge >= 0.3 is 0 Å². The molecule has 1 heterocycles. The van der Waals surface area contributed by atoms with Crippen LogP contribution in [0.3, 0.4) is 0 Å². The van der Waals surface area contributed by atoms with Gasteiger partial charge in [-0.1, -0.05) is 23.8 Å². The molecule has 0 spiro atoms. The van der Waals surface area contributed by atoms with Gasteiger partial charge in [-0.3, -0.25) is 10.8 Å². The Kier molecular flexibility index (Phi) is 3.69. The van der Waals surface area contributed by atoms with Crippen LogP contribution in [0.25, 0.3) is 0 Å². The molecule has 0 aliphatic heterocycles. The first-order valence-electron chi connectivity index (χ1n) is 5.76. The number of hydrogen-bond donors (Lipinski definition) is 2. The summed E-state index contributed by atoms with van der Waals surface area (Å²) in [5.74, 6) is 5.21. The number of pyridine rings is 1. The van der Waals surface area contributed by atoms with Crippen molar-refractivity contribution < 1.29 is 4.39 Å². The van der Waals surface area contributed by atoms with Crippen LogP contribution in [0.1, 0.15) is 28.3 Å². The molecule has 1 atom stereocenters. The standard InChI is InChI=1S/C14H16FN3/c1-9-3-4-11(10(2)7-9)14(18-16)12-5-6-17-8-13(12)15/h3-8,14,18H,16H2,1-2H3. The number of hydrogen-bond acceptors (Lipinski definition) is 3. The molecule has 0 saturated heterocycles. The van der Waals surface area contributed by atoms with Crippen molar-refractivity contribution in [3.63, 3.8) is 0 Å². The summed E-state index contributed by atoms with van der Waals surface area (Å²) in [5.41, 5.74) is 6.38. The van der Waals surface area contributed by atoms with Gasteiger partial charge in [0.05, 0.1) is 12.2 Å². The summed E-state index contributed by atoms with van der Waals surface area (Å²) in [6.07, 6.45) is 2.76. The van der Waals surface area contributed by atoms with Crippen LogP contribution in [-0.4, -0.2) is 4.98 Å². The molecule has 0 amide bonds. The third-order valence-corrected chi connectivity index (χ3v) is 3.02. The van der Waals surface area contributed by atoms with Crippen molar-refractivity contribution in [2.75, 3.05) is 0 Å². The smallest absolute Gasteiger partial charge is 0.146 e. The molecule has 0 radical (unpaired) electrons. The Labute approximate surface area is 106 Å². The molecule has 4 heteroatoms. The van der Waals surface area contributed by atoms with Gasteiger partial charge in [0.25, 0.3) is 0 Å². The van der Waals surface area contributed by atoms with E-state index in [4.69, 9.17) is 5.84 Å². The van der Waals surface area contributed by atoms with E-state index in [0.29, 0.717) is 5.56 Å². The first kappa shape index (κ1) is 12.7. The third-order valence-electron chi connectivity index (χ3n) is 3.02. The number of nitrogens with two attached hydrogens (primary N) is 1. The molecule has 0 bridgehead atoms. The van der Waals surface area contributed by atoms with Crippen molar-refractivity contribution in [2.45, 2.75) is 19.9 Å². The number of nitrogens with one attached hydrogen (secondary N) is 1. The van der Waals surface area contributed by atoms with Crippen molar-refractivity contribution >= 4 is 0 Å². The van der Waals surface area contributed by atoms with Gasteiger partial charge < -0.3 is 0 Å². The van der Waals surface area contributed by atoms with Gasteiger partial charge in [0.15, 0.2) is 0 Å². The van der Waals surface area contributed by atoms with Crippen LogP contribution in [0.15, 0.2) is 36.7 Å². The molecule has 0 fully saturated rings. The first-order chi connectivity index (χ1) is 8.63. The van der Waals surface area contributed by atoms with Crippen molar-refractivity contribution in [2.24, 2.45) is 5.84 Å². The molecule has 0 aliphatic carbocycles. The average Bonchev–Trinajstić information content (AvgIpc) is 2.34. The van der Waals surface area contributed by atoms with Crippen LogP contribution in [0, 0.1) is 19.7 Å². The van der Waals surface area contributed by atoms with Crippen molar-refractivity contribution in [3.8, 4) is 0 Å². The lowest BCUT2D eigenvalue weighted by Gasteiger charge is -2.19. The number of benzene rings is 1. The Balaban J connectivity index is 2.49. The summed E-state index contributed by atoms with van der Waals surface area (Å²) in [5, 5.41) is 0. The zero-order chi connectivity index (χ0) is 13.1. The SMILES string of the molecule is Cc1ccc(C(NN)c2ccncc2F)c(C)c1. The zero-order valence-electron chi connectivity index (χ0n) is 10.4. The number of rotatable bonds is 3. The third kappa shape index (κ3) is 2.39. The summed E-state index contributed by atoms with van der Waals surface area (Å²) >= 11 is 0. The molecule has 3 nitrogen and oxygen atoms in total. The highest BCUT2D eigenvalue weighted by molar-refractivity contribution is 5.38. The molecule has 2 aromatic rings. The van der Waals surface area contributed by atoms with Crippen LogP contribution in [0.2, 0.25) is 0 Å². The predicted octanol–water partition coefficient (Wildman–Crippen LogP) is 2.39. The van der Waals surface area contributed by atoms with E-state index in [-0.39, 0.29) is 11.9 Å². The number of halogens is 1. The molecular weight excluding hydrogens is 229 g/mol. The van der Waals surface area contributed by atoms with Gasteiger partial charge in [-0.2, -0.15) is 0 Å². The van der Waals surface area contributed by atoms with E-state index < -0.39 is 0 Å². The van der Waals surface area contributed by atoms with E-state index in [2.05, 4.69) is 16.5 Å². The van der Waals surface area contributed by atoms with Crippen LogP contribution >= 0.6 is 0 Å². The molecule has 18 heavy (non-hydrogen) atoms. The minimum absolute atomic E-state index is 0.361. The van der Waals surface area contributed by atoms with E-state index >= 15 is 0 Å². The van der Waals surface area contributed by atoms with Crippen molar-refractivity contribution in [1.29, 1.82) is 0 Å². The maximum atomic E-state index is 13.8. The maximum absolute atomic E-state index is 13.8. The van der Waals surface area contributed by atoms with Gasteiger partial charge in [-0.25, -0.2) is 9.82 Å². The van der Waals surface area contributed by atoms with Gasteiger partial charge in [0.1, 0.15) is 5.82 Å². The summed E-state index contributed by atoms with van der Waals surface area (Å²) < 4.78 is 13.8. The minimum atomic E-state index is -0.367. The Hall–Kier alpha value is -1.78. The number of aromatic nitrogens is 1. The van der Waals surface area contributed by atoms with Crippen LogP contribution in [0.4, 0.5) is 4.39 Å². The van der Waals surface area contributed by atoms with E-state index in [0.717, 1.165) is 11.1 Å². The lowest BCUT2D eigenvalue weighted by Crippen LogP contribution is -2.30. The van der Waals surface area contributed by atoms with E-state index in [1.54, 1.807) is 12.3 Å². The number of hydrazine groups is 1. The Bertz CT molecular complexity index is 554. The lowest BCUT2D eigenvalue weighted by molar-refractivity contribution is 0.554. The Morgan fingerprint density at radius 2 is 2.00 bits per heavy atom. The number of nitrogens with zero attached hydrogens (tertiary/aromatic N) is 1. The second-order valence-electron chi connectivity index (χ2n) is 4.36. The minimum Gasteiger partial charge on any atom is -0.271 e. The highest BCUT2D eigenvalue weighted by atomic mass is 19.1. The fourth-order valence-electron chi connectivity index (χ4n) is 2.12. The molecule has 2 rings (SSSR count). The van der Waals surface area contributed by atoms with Crippen LogP contribution in [-0.2, 0) is 0 Å². The van der Waals surface area contributed by atoms with E-state index in [1.165, 1.54) is 11.8 Å². The van der Waals surface area contributed by atoms with E-state index in [1.807, 2.05) is 26.0 Å². The van der Waals surface area contributed by atoms with Gasteiger partial charge in [-0.05, 0) is 31.0 Å². The predicted molar refractivity (Wildman–Crippen MR) is 69.3 cm³/mol. The second kappa shape index (κ2) is 5.25. The fourth-order valence-corrected chi connectivity index (χ4v) is 2.12. The molecule has 0 aliphatic rings. The Morgan fingerprint density at radius 1 is 1.22 bits per heavy atom. The maximum Gasteiger partial charge on any atom is 0.146 e. The average molecular weight is 245 g/mol. The fraction of sp³-hybridized carbons (Fsp3) is 0.214. The molecule has 1 unspecified atom stereocenters. The summed E-state index contributed by atoms with van der Waals surface area (Å²) in [6, 6.07) is 7.28. The van der Waals surface area contributed by atoms with Crippen molar-refractivity contribution in [1.82, 2.24) is 10.4 Å². The largest absolute Gasteiger partial charge is 0.271 e. The summed E-state index contributed by atoms with van der Waals surface area (Å²) in [4.78, 5) is 3.75. The second-order valence-corrected chi connectivity index (χ2v) is 4.36. The first-order valence-corrected chi connectivity index (χ1v) is 5.76. The van der Waals surface area contributed by atoms with E-state index in [9.17, 15) is 4.39 Å². The molecule has 94 valence electrons. The highest BCUT2D eigenvalue weighted by Gasteiger charge is 2.18. The molecular formula is C14H16FN3.